The average molecular weight is 397 g/mol. The number of sulfonamides is 1. The molecule has 0 heterocycles. The number of nitrogens with zero attached hydrogens (tertiary/aromatic N) is 1. The molecule has 3 aromatic rings. The van der Waals surface area contributed by atoms with Crippen LogP contribution in [-0.2, 0) is 14.8 Å². The maximum absolute atomic E-state index is 12.7. The van der Waals surface area contributed by atoms with E-state index in [1.807, 2.05) is 75.4 Å². The number of fused-ring (bicyclic) bond motifs is 1. The third kappa shape index (κ3) is 4.34. The Bertz CT molecular complexity index is 1130. The van der Waals surface area contributed by atoms with E-state index in [0.717, 1.165) is 33.7 Å². The topological polar surface area (TPSA) is 66.5 Å². The number of carbonyl (C=O) groups excluding carboxylic acids is 1. The van der Waals surface area contributed by atoms with E-state index in [9.17, 15) is 13.2 Å². The highest BCUT2D eigenvalue weighted by Crippen LogP contribution is 2.28. The number of aryl methyl sites for hydroxylation is 3. The predicted molar refractivity (Wildman–Crippen MR) is 115 cm³/mol. The maximum Gasteiger partial charge on any atom is 0.245 e. The van der Waals surface area contributed by atoms with Crippen LogP contribution in [0.25, 0.3) is 10.8 Å². The van der Waals surface area contributed by atoms with Gasteiger partial charge in [0, 0.05) is 5.69 Å². The molecule has 28 heavy (non-hydrogen) atoms. The highest BCUT2D eigenvalue weighted by atomic mass is 32.2. The fourth-order valence-electron chi connectivity index (χ4n) is 3.53. The second-order valence-electron chi connectivity index (χ2n) is 7.13. The molecule has 1 amide bonds. The van der Waals surface area contributed by atoms with Crippen LogP contribution >= 0.6 is 0 Å². The summed E-state index contributed by atoms with van der Waals surface area (Å²) in [6.45, 7) is 5.39. The van der Waals surface area contributed by atoms with E-state index in [4.69, 9.17) is 0 Å². The summed E-state index contributed by atoms with van der Waals surface area (Å²) in [5, 5.41) is 4.89. The molecule has 0 spiro atoms. The first kappa shape index (κ1) is 19.9. The second-order valence-corrected chi connectivity index (χ2v) is 9.03. The van der Waals surface area contributed by atoms with Gasteiger partial charge in [0.2, 0.25) is 15.9 Å². The van der Waals surface area contributed by atoms with Crippen molar-refractivity contribution in [2.75, 3.05) is 22.4 Å². The quantitative estimate of drug-likeness (QED) is 0.704. The first-order valence-corrected chi connectivity index (χ1v) is 10.8. The van der Waals surface area contributed by atoms with Crippen LogP contribution in [0.15, 0.2) is 54.6 Å². The summed E-state index contributed by atoms with van der Waals surface area (Å²) in [4.78, 5) is 12.7. The predicted octanol–water partition coefficient (Wildman–Crippen LogP) is 4.17. The van der Waals surface area contributed by atoms with Gasteiger partial charge in [-0.3, -0.25) is 9.10 Å². The molecule has 0 aromatic heterocycles. The van der Waals surface area contributed by atoms with Crippen molar-refractivity contribution in [2.45, 2.75) is 20.8 Å². The Kier molecular flexibility index (Phi) is 5.42. The zero-order valence-corrected chi connectivity index (χ0v) is 17.3. The molecule has 0 aliphatic rings. The highest BCUT2D eigenvalue weighted by Gasteiger charge is 2.24. The van der Waals surface area contributed by atoms with Crippen LogP contribution in [0.3, 0.4) is 0 Å². The fraction of sp³-hybridized carbons (Fsp3) is 0.227. The van der Waals surface area contributed by atoms with Crippen molar-refractivity contribution < 1.29 is 13.2 Å². The van der Waals surface area contributed by atoms with Crippen LogP contribution in [0.5, 0.6) is 0 Å². The van der Waals surface area contributed by atoms with E-state index in [-0.39, 0.29) is 12.5 Å². The monoisotopic (exact) mass is 396 g/mol. The summed E-state index contributed by atoms with van der Waals surface area (Å²) >= 11 is 0. The van der Waals surface area contributed by atoms with Crippen LogP contribution in [0.4, 0.5) is 11.4 Å². The minimum atomic E-state index is -3.63. The van der Waals surface area contributed by atoms with Crippen molar-refractivity contribution in [1.29, 1.82) is 0 Å². The van der Waals surface area contributed by atoms with Gasteiger partial charge >= 0.3 is 0 Å². The minimum Gasteiger partial charge on any atom is -0.324 e. The molecule has 146 valence electrons. The first-order valence-electron chi connectivity index (χ1n) is 8.99. The molecule has 3 rings (SSSR count). The lowest BCUT2D eigenvalue weighted by atomic mass is 10.1. The van der Waals surface area contributed by atoms with E-state index in [1.165, 1.54) is 4.31 Å². The van der Waals surface area contributed by atoms with E-state index in [0.29, 0.717) is 11.4 Å². The van der Waals surface area contributed by atoms with Crippen LogP contribution in [-0.4, -0.2) is 27.1 Å². The van der Waals surface area contributed by atoms with E-state index >= 15 is 0 Å². The summed E-state index contributed by atoms with van der Waals surface area (Å²) in [7, 11) is -3.63. The Morgan fingerprint density at radius 3 is 2.14 bits per heavy atom. The number of benzene rings is 3. The average Bonchev–Trinajstić information content (AvgIpc) is 2.59. The van der Waals surface area contributed by atoms with E-state index in [1.54, 1.807) is 0 Å². The number of hydrogen-bond acceptors (Lipinski definition) is 3. The Hall–Kier alpha value is -2.86. The van der Waals surface area contributed by atoms with Gasteiger partial charge < -0.3 is 5.32 Å². The smallest absolute Gasteiger partial charge is 0.245 e. The van der Waals surface area contributed by atoms with Crippen LogP contribution in [0.2, 0.25) is 0 Å². The van der Waals surface area contributed by atoms with Gasteiger partial charge in [-0.05, 0) is 54.8 Å². The molecule has 0 atom stereocenters. The zero-order valence-electron chi connectivity index (χ0n) is 16.5. The SMILES string of the molecule is Cc1cc(C)c(N(CC(=O)Nc2ccc3ccccc3c2)S(C)(=O)=O)c(C)c1. The molecule has 5 nitrogen and oxygen atoms in total. The molecule has 0 aliphatic carbocycles. The molecule has 0 saturated carbocycles. The van der Waals surface area contributed by atoms with Gasteiger partial charge in [-0.15, -0.1) is 0 Å². The number of nitrogens with one attached hydrogen (secondary N) is 1. The maximum atomic E-state index is 12.7. The largest absolute Gasteiger partial charge is 0.324 e. The lowest BCUT2D eigenvalue weighted by Crippen LogP contribution is -2.38. The normalized spacial score (nSPS) is 11.4. The van der Waals surface area contributed by atoms with Crippen molar-refractivity contribution in [3.05, 3.63) is 71.3 Å². The van der Waals surface area contributed by atoms with E-state index in [2.05, 4.69) is 5.32 Å². The van der Waals surface area contributed by atoms with Gasteiger partial charge in [-0.2, -0.15) is 0 Å². The third-order valence-corrected chi connectivity index (χ3v) is 5.72. The fourth-order valence-corrected chi connectivity index (χ4v) is 4.50. The lowest BCUT2D eigenvalue weighted by molar-refractivity contribution is -0.114. The standard InChI is InChI=1S/C22H24N2O3S/c1-15-11-16(2)22(17(3)12-15)24(28(4,26)27)14-21(25)23-20-10-9-18-7-5-6-8-19(18)13-20/h5-13H,14H2,1-4H3,(H,23,25). The molecule has 0 aliphatic heterocycles. The van der Waals surface area contributed by atoms with Crippen LogP contribution in [0.1, 0.15) is 16.7 Å². The van der Waals surface area contributed by atoms with Gasteiger partial charge in [-0.25, -0.2) is 8.42 Å². The van der Waals surface area contributed by atoms with Crippen molar-refractivity contribution in [3.8, 4) is 0 Å². The van der Waals surface area contributed by atoms with Gasteiger partial charge in [0.05, 0.1) is 11.9 Å². The first-order chi connectivity index (χ1) is 13.1. The number of carbonyl (C=O) groups is 1. The van der Waals surface area contributed by atoms with Gasteiger partial charge in [0.1, 0.15) is 6.54 Å². The molecule has 0 saturated heterocycles. The molecule has 0 bridgehead atoms. The van der Waals surface area contributed by atoms with Crippen LogP contribution < -0.4 is 9.62 Å². The summed E-state index contributed by atoms with van der Waals surface area (Å²) in [5.41, 5.74) is 3.88. The summed E-state index contributed by atoms with van der Waals surface area (Å²) in [6.07, 6.45) is 1.12. The summed E-state index contributed by atoms with van der Waals surface area (Å²) < 4.78 is 26.0. The molecular weight excluding hydrogens is 372 g/mol. The molecule has 0 radical (unpaired) electrons. The number of anilines is 2. The van der Waals surface area contributed by atoms with Crippen molar-refractivity contribution in [2.24, 2.45) is 0 Å². The molecule has 3 aromatic carbocycles. The minimum absolute atomic E-state index is 0.281. The molecule has 0 fully saturated rings. The number of hydrogen-bond donors (Lipinski definition) is 1. The third-order valence-electron chi connectivity index (χ3n) is 4.61. The molecule has 6 heteroatoms. The Balaban J connectivity index is 1.88. The van der Waals surface area contributed by atoms with Crippen molar-refractivity contribution in [1.82, 2.24) is 0 Å². The van der Waals surface area contributed by atoms with Gasteiger partial charge in [0.15, 0.2) is 0 Å². The molecule has 0 unspecified atom stereocenters. The van der Waals surface area contributed by atoms with Crippen molar-refractivity contribution in [3.63, 3.8) is 0 Å². The van der Waals surface area contributed by atoms with E-state index < -0.39 is 10.0 Å². The van der Waals surface area contributed by atoms with Gasteiger partial charge in [-0.1, -0.05) is 48.0 Å². The zero-order chi connectivity index (χ0) is 20.5. The van der Waals surface area contributed by atoms with Crippen LogP contribution in [0, 0.1) is 20.8 Å². The Morgan fingerprint density at radius 1 is 0.929 bits per heavy atom. The second kappa shape index (κ2) is 7.64. The molecular formula is C22H24N2O3S. The lowest BCUT2D eigenvalue weighted by Gasteiger charge is -2.26. The number of rotatable bonds is 5. The summed E-state index contributed by atoms with van der Waals surface area (Å²) in [5.74, 6) is -0.389. The molecule has 1 N–H and O–H groups in total. The Morgan fingerprint density at radius 2 is 1.54 bits per heavy atom. The number of amides is 1. The van der Waals surface area contributed by atoms with Crippen molar-refractivity contribution >= 4 is 38.1 Å². The summed E-state index contributed by atoms with van der Waals surface area (Å²) in [6, 6.07) is 17.3. The van der Waals surface area contributed by atoms with Gasteiger partial charge in [0.25, 0.3) is 0 Å². The highest BCUT2D eigenvalue weighted by molar-refractivity contribution is 7.92. The Labute approximate surface area is 166 Å².